The third kappa shape index (κ3) is 5.40. The summed E-state index contributed by atoms with van der Waals surface area (Å²) in [6.45, 7) is 0.531. The van der Waals surface area contributed by atoms with Crippen molar-refractivity contribution in [3.8, 4) is 17.2 Å². The fraction of sp³-hybridized carbons (Fsp3) is 0.296. The SMILES string of the molecule is COc1cc2c(cc1OC)[C@@H](COc1ccc(F)cc1)N(C(=O)c1ccc(S(=O)(=O)N(C)C)cc1)CC2. The molecule has 10 heteroatoms. The number of carbonyl (C=O) groups is 1. The molecule has 1 amide bonds. The van der Waals surface area contributed by atoms with Crippen LogP contribution in [0.2, 0.25) is 0 Å². The monoisotopic (exact) mass is 528 g/mol. The lowest BCUT2D eigenvalue weighted by atomic mass is 9.91. The molecule has 0 radical (unpaired) electrons. The van der Waals surface area contributed by atoms with Crippen LogP contribution >= 0.6 is 0 Å². The van der Waals surface area contributed by atoms with Gasteiger partial charge in [-0.2, -0.15) is 0 Å². The molecule has 3 aromatic rings. The number of sulfonamides is 1. The van der Waals surface area contributed by atoms with Crippen molar-refractivity contribution in [2.45, 2.75) is 17.4 Å². The number of fused-ring (bicyclic) bond motifs is 1. The maximum atomic E-state index is 13.7. The van der Waals surface area contributed by atoms with Gasteiger partial charge in [0, 0.05) is 26.2 Å². The van der Waals surface area contributed by atoms with Crippen molar-refractivity contribution in [2.75, 3.05) is 41.5 Å². The van der Waals surface area contributed by atoms with Crippen molar-refractivity contribution in [3.05, 3.63) is 83.2 Å². The Morgan fingerprint density at radius 3 is 2.22 bits per heavy atom. The summed E-state index contributed by atoms with van der Waals surface area (Å²) >= 11 is 0. The van der Waals surface area contributed by atoms with Crippen molar-refractivity contribution >= 4 is 15.9 Å². The number of halogens is 1. The second-order valence-corrected chi connectivity index (χ2v) is 10.9. The van der Waals surface area contributed by atoms with Gasteiger partial charge in [-0.15, -0.1) is 0 Å². The first kappa shape index (κ1) is 26.4. The number of ether oxygens (including phenoxy) is 3. The number of amides is 1. The van der Waals surface area contributed by atoms with Gasteiger partial charge >= 0.3 is 0 Å². The minimum Gasteiger partial charge on any atom is -0.493 e. The van der Waals surface area contributed by atoms with E-state index in [4.69, 9.17) is 14.2 Å². The highest BCUT2D eigenvalue weighted by Crippen LogP contribution is 2.39. The highest BCUT2D eigenvalue weighted by Gasteiger charge is 2.33. The van der Waals surface area contributed by atoms with E-state index in [9.17, 15) is 17.6 Å². The van der Waals surface area contributed by atoms with E-state index in [1.54, 1.807) is 19.1 Å². The van der Waals surface area contributed by atoms with E-state index in [1.807, 2.05) is 12.1 Å². The fourth-order valence-corrected chi connectivity index (χ4v) is 5.20. The molecular weight excluding hydrogens is 499 g/mol. The molecular formula is C27H29FN2O6S. The van der Waals surface area contributed by atoms with Gasteiger partial charge < -0.3 is 19.1 Å². The number of rotatable bonds is 8. The van der Waals surface area contributed by atoms with E-state index in [2.05, 4.69) is 0 Å². The number of hydrogen-bond donors (Lipinski definition) is 0. The normalized spacial score (nSPS) is 15.3. The lowest BCUT2D eigenvalue weighted by Gasteiger charge is -2.37. The Morgan fingerprint density at radius 1 is 1.00 bits per heavy atom. The average Bonchev–Trinajstić information content (AvgIpc) is 2.91. The number of hydrogen-bond acceptors (Lipinski definition) is 6. The van der Waals surface area contributed by atoms with Crippen LogP contribution in [0, 0.1) is 5.82 Å². The quantitative estimate of drug-likeness (QED) is 0.441. The van der Waals surface area contributed by atoms with Crippen LogP contribution in [0.25, 0.3) is 0 Å². The van der Waals surface area contributed by atoms with Crippen molar-refractivity contribution in [1.82, 2.24) is 9.21 Å². The minimum absolute atomic E-state index is 0.103. The number of carbonyl (C=O) groups excluding carboxylic acids is 1. The molecule has 1 aliphatic rings. The highest BCUT2D eigenvalue weighted by molar-refractivity contribution is 7.89. The molecule has 1 atom stereocenters. The van der Waals surface area contributed by atoms with Crippen LogP contribution < -0.4 is 14.2 Å². The van der Waals surface area contributed by atoms with E-state index < -0.39 is 16.1 Å². The van der Waals surface area contributed by atoms with Gasteiger partial charge in [0.2, 0.25) is 10.0 Å². The Labute approximate surface area is 216 Å². The molecule has 0 N–H and O–H groups in total. The number of benzene rings is 3. The van der Waals surface area contributed by atoms with Gasteiger partial charge in [0.25, 0.3) is 5.91 Å². The van der Waals surface area contributed by atoms with Gasteiger partial charge in [0.05, 0.1) is 25.2 Å². The van der Waals surface area contributed by atoms with Crippen LogP contribution in [0.4, 0.5) is 4.39 Å². The van der Waals surface area contributed by atoms with E-state index in [-0.39, 0.29) is 23.2 Å². The van der Waals surface area contributed by atoms with Gasteiger partial charge in [0.15, 0.2) is 11.5 Å². The Morgan fingerprint density at radius 2 is 1.62 bits per heavy atom. The van der Waals surface area contributed by atoms with Gasteiger partial charge in [-0.05, 0) is 78.2 Å². The Kier molecular flexibility index (Phi) is 7.70. The van der Waals surface area contributed by atoms with Crippen LogP contribution in [0.5, 0.6) is 17.2 Å². The zero-order valence-electron chi connectivity index (χ0n) is 21.1. The van der Waals surface area contributed by atoms with E-state index >= 15 is 0 Å². The second kappa shape index (κ2) is 10.8. The molecule has 0 unspecified atom stereocenters. The van der Waals surface area contributed by atoms with Crippen molar-refractivity contribution < 1.29 is 31.8 Å². The molecule has 0 saturated heterocycles. The standard InChI is InChI=1S/C27H29FN2O6S/c1-29(2)37(32,33)22-11-5-18(6-12-22)27(31)30-14-13-19-15-25(34-3)26(35-4)16-23(19)24(30)17-36-21-9-7-20(28)8-10-21/h5-12,15-16,24H,13-14,17H2,1-4H3/t24-/m1/s1. The maximum Gasteiger partial charge on any atom is 0.254 e. The molecule has 1 heterocycles. The van der Waals surface area contributed by atoms with Crippen LogP contribution in [0.15, 0.2) is 65.6 Å². The first-order chi connectivity index (χ1) is 17.6. The van der Waals surface area contributed by atoms with Crippen LogP contribution in [-0.2, 0) is 16.4 Å². The third-order valence-electron chi connectivity index (χ3n) is 6.36. The van der Waals surface area contributed by atoms with Crippen LogP contribution in [-0.4, -0.2) is 65.0 Å². The van der Waals surface area contributed by atoms with Crippen LogP contribution in [0.3, 0.4) is 0 Å². The Bertz CT molecular complexity index is 1380. The third-order valence-corrected chi connectivity index (χ3v) is 8.19. The average molecular weight is 529 g/mol. The molecule has 1 aliphatic heterocycles. The van der Waals surface area contributed by atoms with E-state index in [1.165, 1.54) is 62.6 Å². The zero-order valence-corrected chi connectivity index (χ0v) is 21.9. The maximum absolute atomic E-state index is 13.7. The first-order valence-electron chi connectivity index (χ1n) is 11.6. The summed E-state index contributed by atoms with van der Waals surface area (Å²) in [5, 5.41) is 0. The summed E-state index contributed by atoms with van der Waals surface area (Å²) in [7, 11) is 2.40. The Hall–Kier alpha value is -3.63. The molecule has 4 rings (SSSR count). The molecule has 37 heavy (non-hydrogen) atoms. The fourth-order valence-electron chi connectivity index (χ4n) is 4.30. The zero-order chi connectivity index (χ0) is 26.7. The van der Waals surface area contributed by atoms with Crippen molar-refractivity contribution in [1.29, 1.82) is 0 Å². The van der Waals surface area contributed by atoms with Gasteiger partial charge in [-0.25, -0.2) is 17.1 Å². The number of nitrogens with zero attached hydrogens (tertiary/aromatic N) is 2. The topological polar surface area (TPSA) is 85.4 Å². The first-order valence-corrected chi connectivity index (χ1v) is 13.1. The smallest absolute Gasteiger partial charge is 0.254 e. The van der Waals surface area contributed by atoms with Crippen molar-refractivity contribution in [2.24, 2.45) is 0 Å². The largest absolute Gasteiger partial charge is 0.493 e. The summed E-state index contributed by atoms with van der Waals surface area (Å²) in [5.41, 5.74) is 2.21. The van der Waals surface area contributed by atoms with Crippen LogP contribution in [0.1, 0.15) is 27.5 Å². The minimum atomic E-state index is -3.62. The molecule has 0 aromatic heterocycles. The number of methoxy groups -OCH3 is 2. The molecule has 8 nitrogen and oxygen atoms in total. The summed E-state index contributed by atoms with van der Waals surface area (Å²) in [4.78, 5) is 15.5. The predicted molar refractivity (Wildman–Crippen MR) is 136 cm³/mol. The molecule has 0 spiro atoms. The van der Waals surface area contributed by atoms with Gasteiger partial charge in [-0.1, -0.05) is 0 Å². The molecule has 196 valence electrons. The van der Waals surface area contributed by atoms with Gasteiger partial charge in [-0.3, -0.25) is 4.79 Å². The molecule has 0 aliphatic carbocycles. The van der Waals surface area contributed by atoms with Gasteiger partial charge in [0.1, 0.15) is 18.2 Å². The molecule has 3 aromatic carbocycles. The molecule has 0 bridgehead atoms. The van der Waals surface area contributed by atoms with E-state index in [0.29, 0.717) is 35.8 Å². The van der Waals surface area contributed by atoms with E-state index in [0.717, 1.165) is 15.4 Å². The second-order valence-electron chi connectivity index (χ2n) is 8.75. The lowest BCUT2D eigenvalue weighted by Crippen LogP contribution is -2.42. The molecule has 0 saturated carbocycles. The van der Waals surface area contributed by atoms with Crippen molar-refractivity contribution in [3.63, 3.8) is 0 Å². The lowest BCUT2D eigenvalue weighted by molar-refractivity contribution is 0.0589. The summed E-state index contributed by atoms with van der Waals surface area (Å²) in [5.74, 6) is 0.961. The Balaban J connectivity index is 1.68. The summed E-state index contributed by atoms with van der Waals surface area (Å²) < 4.78 is 56.3. The summed E-state index contributed by atoms with van der Waals surface area (Å²) in [6.07, 6.45) is 0.585. The summed E-state index contributed by atoms with van der Waals surface area (Å²) in [6, 6.07) is 14.8. The molecule has 0 fully saturated rings. The highest BCUT2D eigenvalue weighted by atomic mass is 32.2. The predicted octanol–water partition coefficient (Wildman–Crippen LogP) is 3.91.